The first-order valence-electron chi connectivity index (χ1n) is 5.49. The van der Waals surface area contributed by atoms with Gasteiger partial charge in [0.2, 0.25) is 0 Å². The minimum atomic E-state index is 0.763. The molecule has 0 aliphatic carbocycles. The molecule has 0 aromatic carbocycles. The predicted molar refractivity (Wildman–Crippen MR) is 65.1 cm³/mol. The van der Waals surface area contributed by atoms with Crippen LogP contribution >= 0.6 is 0 Å². The van der Waals surface area contributed by atoms with Gasteiger partial charge in [-0.25, -0.2) is 9.97 Å². The lowest BCUT2D eigenvalue weighted by atomic mass is 10.4. The molecule has 0 bridgehead atoms. The number of nitrogens with one attached hydrogen (secondary N) is 1. The summed E-state index contributed by atoms with van der Waals surface area (Å²) >= 11 is 0. The average molecular weight is 227 g/mol. The molecule has 1 N–H and O–H groups in total. The van der Waals surface area contributed by atoms with Crippen molar-refractivity contribution in [1.29, 1.82) is 0 Å². The maximum Gasteiger partial charge on any atom is 0.161 e. The first-order chi connectivity index (χ1) is 8.40. The summed E-state index contributed by atoms with van der Waals surface area (Å²) in [7, 11) is 1.93. The Kier molecular flexibility index (Phi) is 2.38. The largest absolute Gasteiger partial charge is 0.314 e. The quantitative estimate of drug-likeness (QED) is 0.732. The molecule has 0 saturated heterocycles. The van der Waals surface area contributed by atoms with Gasteiger partial charge in [-0.2, -0.15) is 0 Å². The molecule has 0 unspecified atom stereocenters. The number of nitrogens with zero attached hydrogens (tertiary/aromatic N) is 4. The maximum absolute atomic E-state index is 4.62. The second kappa shape index (κ2) is 4.03. The highest BCUT2D eigenvalue weighted by atomic mass is 15.2. The van der Waals surface area contributed by atoms with Gasteiger partial charge in [0.25, 0.3) is 0 Å². The van der Waals surface area contributed by atoms with Crippen molar-refractivity contribution in [1.82, 2.24) is 24.3 Å². The zero-order valence-corrected chi connectivity index (χ0v) is 9.54. The lowest BCUT2D eigenvalue weighted by Gasteiger charge is -2.04. The van der Waals surface area contributed by atoms with Gasteiger partial charge in [0.1, 0.15) is 12.0 Å². The second-order valence-corrected chi connectivity index (χ2v) is 3.81. The Labute approximate surface area is 98.7 Å². The van der Waals surface area contributed by atoms with E-state index in [1.165, 1.54) is 0 Å². The Morgan fingerprint density at radius 3 is 3.00 bits per heavy atom. The van der Waals surface area contributed by atoms with Crippen molar-refractivity contribution in [3.05, 3.63) is 48.8 Å². The molecular weight excluding hydrogens is 214 g/mol. The highest BCUT2D eigenvalue weighted by Gasteiger charge is 2.11. The number of fused-ring (bicyclic) bond motifs is 1. The van der Waals surface area contributed by atoms with Crippen LogP contribution in [0, 0.1) is 0 Å². The summed E-state index contributed by atoms with van der Waals surface area (Å²) in [5.74, 6) is 0.919. The van der Waals surface area contributed by atoms with Gasteiger partial charge in [0.15, 0.2) is 5.82 Å². The molecule has 0 atom stereocenters. The number of rotatable bonds is 3. The van der Waals surface area contributed by atoms with E-state index in [1.807, 2.05) is 42.2 Å². The highest BCUT2D eigenvalue weighted by Crippen LogP contribution is 2.16. The van der Waals surface area contributed by atoms with E-state index in [1.54, 1.807) is 12.5 Å². The molecule has 3 heterocycles. The average Bonchev–Trinajstić information content (AvgIpc) is 2.97. The lowest BCUT2D eigenvalue weighted by molar-refractivity contribution is 0.771. The van der Waals surface area contributed by atoms with E-state index in [-0.39, 0.29) is 0 Å². The first kappa shape index (κ1) is 10.0. The van der Waals surface area contributed by atoms with Crippen LogP contribution in [0.3, 0.4) is 0 Å². The third-order valence-electron chi connectivity index (χ3n) is 2.70. The number of imidazole rings is 2. The summed E-state index contributed by atoms with van der Waals surface area (Å²) in [6.45, 7) is 0.763. The van der Waals surface area contributed by atoms with Crippen LogP contribution in [0.1, 0.15) is 5.69 Å². The lowest BCUT2D eigenvalue weighted by Crippen LogP contribution is -2.10. The molecule has 0 saturated carbocycles. The van der Waals surface area contributed by atoms with E-state index < -0.39 is 0 Å². The van der Waals surface area contributed by atoms with Gasteiger partial charge in [-0.1, -0.05) is 6.07 Å². The topological polar surface area (TPSA) is 47.2 Å². The highest BCUT2D eigenvalue weighted by molar-refractivity contribution is 5.48. The summed E-state index contributed by atoms with van der Waals surface area (Å²) in [5, 5.41) is 3.17. The van der Waals surface area contributed by atoms with Crippen molar-refractivity contribution < 1.29 is 0 Å². The predicted octanol–water partition coefficient (Wildman–Crippen LogP) is 1.24. The summed E-state index contributed by atoms with van der Waals surface area (Å²) in [5.41, 5.74) is 2.07. The van der Waals surface area contributed by atoms with Gasteiger partial charge in [-0.3, -0.25) is 4.57 Å². The summed E-state index contributed by atoms with van der Waals surface area (Å²) in [6.07, 6.45) is 7.45. The maximum atomic E-state index is 4.62. The van der Waals surface area contributed by atoms with E-state index in [2.05, 4.69) is 19.7 Å². The summed E-state index contributed by atoms with van der Waals surface area (Å²) in [4.78, 5) is 8.68. The molecule has 0 spiro atoms. The molecule has 86 valence electrons. The third-order valence-corrected chi connectivity index (χ3v) is 2.70. The van der Waals surface area contributed by atoms with Crippen LogP contribution in [-0.2, 0) is 6.54 Å². The third kappa shape index (κ3) is 1.60. The van der Waals surface area contributed by atoms with Crippen LogP contribution in [0.5, 0.6) is 0 Å². The molecule has 5 heteroatoms. The minimum absolute atomic E-state index is 0.763. The van der Waals surface area contributed by atoms with Crippen LogP contribution in [-0.4, -0.2) is 26.0 Å². The van der Waals surface area contributed by atoms with E-state index >= 15 is 0 Å². The fraction of sp³-hybridized carbons (Fsp3) is 0.167. The van der Waals surface area contributed by atoms with E-state index in [0.29, 0.717) is 0 Å². The van der Waals surface area contributed by atoms with E-state index in [9.17, 15) is 0 Å². The summed E-state index contributed by atoms with van der Waals surface area (Å²) < 4.78 is 4.02. The molecule has 17 heavy (non-hydrogen) atoms. The number of aromatic nitrogens is 4. The Hall–Kier alpha value is -2.14. The van der Waals surface area contributed by atoms with Crippen LogP contribution in [0.25, 0.3) is 11.5 Å². The normalized spacial score (nSPS) is 11.1. The zero-order valence-electron chi connectivity index (χ0n) is 9.54. The molecule has 0 aliphatic heterocycles. The van der Waals surface area contributed by atoms with Gasteiger partial charge < -0.3 is 9.72 Å². The number of hydrogen-bond acceptors (Lipinski definition) is 3. The van der Waals surface area contributed by atoms with Crippen LogP contribution in [0.15, 0.2) is 43.1 Å². The van der Waals surface area contributed by atoms with Crippen molar-refractivity contribution in [3.8, 4) is 5.82 Å². The molecule has 0 aliphatic rings. The minimum Gasteiger partial charge on any atom is -0.314 e. The van der Waals surface area contributed by atoms with Gasteiger partial charge in [0, 0.05) is 25.1 Å². The van der Waals surface area contributed by atoms with Crippen LogP contribution < -0.4 is 5.32 Å². The van der Waals surface area contributed by atoms with Crippen molar-refractivity contribution >= 4 is 5.65 Å². The zero-order chi connectivity index (χ0) is 11.7. The molecule has 3 aromatic heterocycles. The van der Waals surface area contributed by atoms with Crippen LogP contribution in [0.4, 0.5) is 0 Å². The monoisotopic (exact) mass is 227 g/mol. The summed E-state index contributed by atoms with van der Waals surface area (Å²) in [6, 6.07) is 5.99. The van der Waals surface area contributed by atoms with Gasteiger partial charge in [0.05, 0.1) is 5.69 Å². The van der Waals surface area contributed by atoms with Crippen molar-refractivity contribution in [3.63, 3.8) is 0 Å². The Morgan fingerprint density at radius 2 is 2.24 bits per heavy atom. The number of pyridine rings is 1. The van der Waals surface area contributed by atoms with Crippen molar-refractivity contribution in [2.45, 2.75) is 6.54 Å². The SMILES string of the molecule is CNCc1c(-n2ccnc2)nc2ccccn12. The molecule has 0 fully saturated rings. The standard InChI is InChI=1S/C12H13N5/c1-13-8-10-12(16-7-5-14-9-16)15-11-4-2-3-6-17(10)11/h2-7,9,13H,8H2,1H3. The molecule has 3 rings (SSSR count). The van der Waals surface area contributed by atoms with Gasteiger partial charge in [-0.05, 0) is 19.2 Å². The Balaban J connectivity index is 2.26. The molecular formula is C12H13N5. The Morgan fingerprint density at radius 1 is 1.29 bits per heavy atom. The molecule has 0 radical (unpaired) electrons. The Bertz CT molecular complexity index is 623. The molecule has 0 amide bonds. The van der Waals surface area contributed by atoms with E-state index in [0.717, 1.165) is 23.7 Å². The van der Waals surface area contributed by atoms with Gasteiger partial charge in [-0.15, -0.1) is 0 Å². The fourth-order valence-electron chi connectivity index (χ4n) is 1.96. The smallest absolute Gasteiger partial charge is 0.161 e. The molecule has 3 aromatic rings. The van der Waals surface area contributed by atoms with E-state index in [4.69, 9.17) is 0 Å². The first-order valence-corrected chi connectivity index (χ1v) is 5.49. The molecule has 5 nitrogen and oxygen atoms in total. The van der Waals surface area contributed by atoms with Gasteiger partial charge >= 0.3 is 0 Å². The van der Waals surface area contributed by atoms with Crippen molar-refractivity contribution in [2.24, 2.45) is 0 Å². The van der Waals surface area contributed by atoms with Crippen molar-refractivity contribution in [2.75, 3.05) is 7.05 Å². The number of hydrogen-bond donors (Lipinski definition) is 1. The second-order valence-electron chi connectivity index (χ2n) is 3.81. The van der Waals surface area contributed by atoms with Crippen LogP contribution in [0.2, 0.25) is 0 Å². The fourth-order valence-corrected chi connectivity index (χ4v) is 1.96.